The molecule has 3 saturated heterocycles. The smallest absolute Gasteiger partial charge is 0.190 e. The van der Waals surface area contributed by atoms with Gasteiger partial charge in [0.25, 0.3) is 0 Å². The number of rotatable bonds is 12. The van der Waals surface area contributed by atoms with Gasteiger partial charge in [0.05, 0.1) is 13.2 Å². The van der Waals surface area contributed by atoms with Crippen molar-refractivity contribution in [1.82, 2.24) is 0 Å². The lowest BCUT2D eigenvalue weighted by molar-refractivity contribution is -0.258. The molecule has 4 rings (SSSR count). The second-order valence-electron chi connectivity index (χ2n) is 9.83. The quantitative estimate of drug-likeness (QED) is 0.374. The Morgan fingerprint density at radius 3 is 2.15 bits per heavy atom. The fraction of sp³-hybridized carbons (Fsp3) is 0.778. The molecule has 34 heavy (non-hydrogen) atoms. The Morgan fingerprint density at radius 2 is 1.50 bits per heavy atom. The molecule has 0 unspecified atom stereocenters. The van der Waals surface area contributed by atoms with Crippen LogP contribution in [-0.4, -0.2) is 48.9 Å². The Kier molecular flexibility index (Phi) is 8.65. The van der Waals surface area contributed by atoms with E-state index in [1.807, 2.05) is 6.07 Å². The third-order valence-corrected chi connectivity index (χ3v) is 7.04. The lowest BCUT2D eigenvalue weighted by Gasteiger charge is -2.33. The molecule has 0 amide bonds. The van der Waals surface area contributed by atoms with Crippen molar-refractivity contribution in [3.63, 3.8) is 0 Å². The lowest BCUT2D eigenvalue weighted by atomic mass is 10.0. The van der Waals surface area contributed by atoms with E-state index in [9.17, 15) is 4.39 Å². The second kappa shape index (κ2) is 11.3. The molecule has 3 heterocycles. The van der Waals surface area contributed by atoms with E-state index in [1.54, 1.807) is 12.1 Å². The minimum Gasteiger partial charge on any atom is -0.368 e. The van der Waals surface area contributed by atoms with Gasteiger partial charge in [0.2, 0.25) is 0 Å². The third kappa shape index (κ3) is 5.35. The van der Waals surface area contributed by atoms with E-state index in [1.165, 1.54) is 6.07 Å². The van der Waals surface area contributed by atoms with Crippen molar-refractivity contribution in [2.45, 2.75) is 128 Å². The van der Waals surface area contributed by atoms with Gasteiger partial charge in [-0.3, -0.25) is 0 Å². The van der Waals surface area contributed by atoms with Crippen LogP contribution >= 0.6 is 0 Å². The highest BCUT2D eigenvalue weighted by molar-refractivity contribution is 5.16. The standard InChI is InChI=1S/C27H41FO6/c1-5-13-26(14-6-2)30-18-21(32-26)22-23(29-17-19-11-9-10-12-20(19)28)24-25(31-22)34-27(33-24,15-7-3)16-8-4/h9-12,21-25H,5-8,13-18H2,1-4H3/t21-,22-,23+,24-,25-/m1/s1. The zero-order valence-electron chi connectivity index (χ0n) is 21.1. The fourth-order valence-electron chi connectivity index (χ4n) is 5.66. The number of fused-ring (bicyclic) bond motifs is 1. The van der Waals surface area contributed by atoms with Crippen LogP contribution in [0.5, 0.6) is 0 Å². The summed E-state index contributed by atoms with van der Waals surface area (Å²) in [5.74, 6) is -1.53. The molecule has 0 radical (unpaired) electrons. The number of halogens is 1. The molecule has 6 nitrogen and oxygen atoms in total. The minimum atomic E-state index is -0.662. The molecule has 0 bridgehead atoms. The van der Waals surface area contributed by atoms with E-state index in [0.717, 1.165) is 51.4 Å². The van der Waals surface area contributed by atoms with Gasteiger partial charge in [-0.2, -0.15) is 0 Å². The van der Waals surface area contributed by atoms with Gasteiger partial charge in [-0.05, 0) is 6.07 Å². The summed E-state index contributed by atoms with van der Waals surface area (Å²) < 4.78 is 52.8. The van der Waals surface area contributed by atoms with Crippen LogP contribution < -0.4 is 0 Å². The van der Waals surface area contributed by atoms with Crippen molar-refractivity contribution in [3.05, 3.63) is 35.6 Å². The van der Waals surface area contributed by atoms with Crippen LogP contribution in [0.1, 0.15) is 84.6 Å². The molecule has 0 saturated carbocycles. The van der Waals surface area contributed by atoms with Crippen LogP contribution in [0.15, 0.2) is 24.3 Å². The van der Waals surface area contributed by atoms with Crippen LogP contribution in [0.4, 0.5) is 4.39 Å². The zero-order valence-corrected chi connectivity index (χ0v) is 21.1. The van der Waals surface area contributed by atoms with Crippen molar-refractivity contribution in [2.24, 2.45) is 0 Å². The normalized spacial score (nSPS) is 31.7. The van der Waals surface area contributed by atoms with Gasteiger partial charge >= 0.3 is 0 Å². The van der Waals surface area contributed by atoms with Crippen molar-refractivity contribution in [1.29, 1.82) is 0 Å². The van der Waals surface area contributed by atoms with Gasteiger partial charge in [0.15, 0.2) is 17.9 Å². The molecule has 0 aliphatic carbocycles. The molecule has 3 fully saturated rings. The predicted octanol–water partition coefficient (Wildman–Crippen LogP) is 5.86. The van der Waals surface area contributed by atoms with Crippen molar-refractivity contribution in [2.75, 3.05) is 6.61 Å². The molecule has 7 heteroatoms. The molecule has 1 aromatic rings. The Labute approximate surface area is 203 Å². The third-order valence-electron chi connectivity index (χ3n) is 7.04. The van der Waals surface area contributed by atoms with Crippen LogP contribution in [0.3, 0.4) is 0 Å². The fourth-order valence-corrected chi connectivity index (χ4v) is 5.66. The SMILES string of the molecule is CCCC1(CCC)O[C@H]2O[C@H]([C@H]3COC(CCC)(CCC)O3)[C@H](OCc3ccccc3F)[C@H]2O1. The highest BCUT2D eigenvalue weighted by Crippen LogP contribution is 2.46. The van der Waals surface area contributed by atoms with Crippen LogP contribution in [0, 0.1) is 5.82 Å². The predicted molar refractivity (Wildman–Crippen MR) is 126 cm³/mol. The van der Waals surface area contributed by atoms with Crippen molar-refractivity contribution in [3.8, 4) is 0 Å². The zero-order chi connectivity index (χ0) is 24.2. The largest absolute Gasteiger partial charge is 0.368 e. The maximum absolute atomic E-state index is 14.3. The first-order valence-corrected chi connectivity index (χ1v) is 13.2. The van der Waals surface area contributed by atoms with E-state index >= 15 is 0 Å². The summed E-state index contributed by atoms with van der Waals surface area (Å²) in [4.78, 5) is 0. The monoisotopic (exact) mass is 480 g/mol. The Hall–Kier alpha value is -1.09. The molecule has 0 spiro atoms. The average Bonchev–Trinajstić information content (AvgIpc) is 3.46. The number of hydrogen-bond donors (Lipinski definition) is 0. The van der Waals surface area contributed by atoms with Gasteiger partial charge in [0.1, 0.15) is 30.2 Å². The Balaban J connectivity index is 1.53. The average molecular weight is 481 g/mol. The molecule has 3 aliphatic heterocycles. The molecular formula is C27H41FO6. The summed E-state index contributed by atoms with van der Waals surface area (Å²) in [5.41, 5.74) is 0.506. The van der Waals surface area contributed by atoms with Gasteiger partial charge < -0.3 is 28.4 Å². The van der Waals surface area contributed by atoms with E-state index in [0.29, 0.717) is 12.2 Å². The van der Waals surface area contributed by atoms with Gasteiger partial charge in [-0.25, -0.2) is 4.39 Å². The maximum Gasteiger partial charge on any atom is 0.190 e. The molecule has 192 valence electrons. The lowest BCUT2D eigenvalue weighted by Crippen LogP contribution is -2.45. The van der Waals surface area contributed by atoms with E-state index < -0.39 is 36.2 Å². The summed E-state index contributed by atoms with van der Waals surface area (Å²) in [6.45, 7) is 9.07. The van der Waals surface area contributed by atoms with Crippen LogP contribution in [0.2, 0.25) is 0 Å². The van der Waals surface area contributed by atoms with Crippen molar-refractivity contribution >= 4 is 0 Å². The molecule has 5 atom stereocenters. The summed E-state index contributed by atoms with van der Waals surface area (Å²) >= 11 is 0. The first-order valence-electron chi connectivity index (χ1n) is 13.2. The topological polar surface area (TPSA) is 55.4 Å². The molecule has 0 N–H and O–H groups in total. The summed E-state index contributed by atoms with van der Waals surface area (Å²) in [7, 11) is 0. The maximum atomic E-state index is 14.3. The van der Waals surface area contributed by atoms with Crippen molar-refractivity contribution < 1.29 is 32.8 Å². The van der Waals surface area contributed by atoms with Gasteiger partial charge in [0, 0.05) is 31.2 Å². The number of ether oxygens (including phenoxy) is 6. The number of benzene rings is 1. The van der Waals surface area contributed by atoms with Gasteiger partial charge in [-0.1, -0.05) is 71.6 Å². The first-order chi connectivity index (χ1) is 16.5. The van der Waals surface area contributed by atoms with E-state index in [-0.39, 0.29) is 18.5 Å². The highest BCUT2D eigenvalue weighted by atomic mass is 19.1. The Morgan fingerprint density at radius 1 is 0.853 bits per heavy atom. The Bertz CT molecular complexity index is 776. The first kappa shape index (κ1) is 26.0. The molecule has 1 aromatic carbocycles. The summed E-state index contributed by atoms with van der Waals surface area (Å²) in [6.07, 6.45) is 4.98. The van der Waals surface area contributed by atoms with E-state index in [2.05, 4.69) is 27.7 Å². The van der Waals surface area contributed by atoms with Gasteiger partial charge in [-0.15, -0.1) is 0 Å². The van der Waals surface area contributed by atoms with E-state index in [4.69, 9.17) is 28.4 Å². The van der Waals surface area contributed by atoms with Crippen LogP contribution in [0.25, 0.3) is 0 Å². The second-order valence-corrected chi connectivity index (χ2v) is 9.83. The molecule has 3 aliphatic rings. The number of hydrogen-bond acceptors (Lipinski definition) is 6. The van der Waals surface area contributed by atoms with Crippen LogP contribution in [-0.2, 0) is 35.0 Å². The molecular weight excluding hydrogens is 439 g/mol. The minimum absolute atomic E-state index is 0.126. The molecule has 0 aromatic heterocycles. The highest BCUT2D eigenvalue weighted by Gasteiger charge is 2.61. The summed E-state index contributed by atoms with van der Waals surface area (Å²) in [6, 6.07) is 6.68. The summed E-state index contributed by atoms with van der Waals surface area (Å²) in [5, 5.41) is 0.